The molecule has 0 aliphatic heterocycles. The largest absolute Gasteiger partial charge is 1.00 e. The molecule has 0 atom stereocenters. The number of rotatable bonds is 24. The van der Waals surface area contributed by atoms with Gasteiger partial charge in [-0.05, 0) is 97.3 Å². The van der Waals surface area contributed by atoms with Crippen LogP contribution in [0.3, 0.4) is 0 Å². The molecule has 2 amide bonds. The fraction of sp³-hybridized carbons (Fsp3) is 0.0500. The van der Waals surface area contributed by atoms with Gasteiger partial charge >= 0.3 is 168 Å². The molecule has 137 heavy (non-hydrogen) atoms. The predicted octanol–water partition coefficient (Wildman–Crippen LogP) is -1.08. The van der Waals surface area contributed by atoms with Crippen molar-refractivity contribution in [1.82, 2.24) is 9.97 Å². The SMILES string of the molecule is CC(=O)Nc1cccc(-c2c(N=Nc3c[c-]c[c-]c3)sc(N=Nc3c(Nc4c[c-]c(Cl)cc4)nc(Nc4ccc(Cl)c(S(=O)(=O)[O-])c4)c(C#N)c3C)c2C#N)c1.CC(=O)Nc1cccc(-c2c(N=Nc3cc(OC=O)cc(OC=O)c3)sc(N)c2C#N)c1.Cc1cc(Nc2c[c-]c(Cl)cc2)nc(Nc2ccc(Cl)c(S(=O)(=O)[O-])c2)c1C#N.O=C=O.O=C=O.O=S(=O)=O.O=S(=O)=O.[HH].[Li+].[Li+].[Li+].[Li+].[Na+].[Na+]. The Morgan fingerprint density at radius 1 is 0.496 bits per heavy atom. The van der Waals surface area contributed by atoms with Crippen molar-refractivity contribution in [2.45, 2.75) is 37.5 Å². The number of anilines is 11. The number of azo groups is 3. The second kappa shape index (κ2) is 62.3. The zero-order valence-corrected chi connectivity index (χ0v) is 84.1. The molecule has 4 aromatic heterocycles. The number of pyridine rings is 2. The van der Waals surface area contributed by atoms with Crippen LogP contribution in [0.15, 0.2) is 204 Å². The smallest absolute Gasteiger partial charge is 0.744 e. The first-order valence-electron chi connectivity index (χ1n) is 34.7. The van der Waals surface area contributed by atoms with Crippen LogP contribution in [0.5, 0.6) is 11.5 Å². The standard InChI is InChI=1S/C38H23Cl2N10O4S2.C21H15N5O5S.C19H13Cl2N4O3S.2CO2.4Li.2Na.2O3S.H2/c1-21-29(19-41)35(45-28-15-16-31(40)32(18-28)56(52,53)54)46-36(44-25-13-11-24(39)12-14-25)34(21)48-49-37-30(20-42)33(23-7-6-10-27(17-23)43-22(2)51)38(55-37)50-47-26-8-4-3-5-9-26;1-12(29)24-14-4-2-3-13(5-14)19-18(9-22)20(23)32-21(19)26-25-15-6-16(30-10-27)8-17(7-15)31-11-28;1-11-8-18(23-13-4-2-12(20)3-5-13)25-19(15(11)10-22)24-14-6-7-16(21)17(9-14)29(26,27)28;2*2-1-3;;;;;;;2*1-4(2)3;/h3,6-11,13-18H,1-2H3,(H,43,51)(H2,44,45,46)(H,52,53,54);2-8,10-11H,23H2,1H3,(H,24,29);2,4-9H,1H3,(H2,23,24,25)(H,26,27,28);;;;;;;;;;;1H/q-3;;-1;;;6*+1;;;/p-2. The molecule has 4 heterocycles. The monoisotopic (exact) mass is 2040 g/mol. The van der Waals surface area contributed by atoms with Crippen molar-refractivity contribution >= 4 is 242 Å². The van der Waals surface area contributed by atoms with E-state index in [0.717, 1.165) is 34.8 Å². The fourth-order valence-electron chi connectivity index (χ4n) is 10.5. The number of carbonyl (C=O) groups excluding carboxylic acids is 8. The van der Waals surface area contributed by atoms with E-state index in [0.29, 0.717) is 82.1 Å². The molecular weight excluding hydrogens is 1990 g/mol. The van der Waals surface area contributed by atoms with Crippen LogP contribution in [0.4, 0.5) is 94.5 Å². The number of ether oxygens (including phenoxy) is 2. The number of nitriles is 4. The van der Waals surface area contributed by atoms with Crippen molar-refractivity contribution in [3.63, 3.8) is 0 Å². The van der Waals surface area contributed by atoms with E-state index in [9.17, 15) is 66.2 Å². The number of nitrogens with two attached hydrogens (primary N) is 1. The van der Waals surface area contributed by atoms with Gasteiger partial charge in [0, 0.05) is 72.9 Å². The minimum absolute atomic E-state index is 0. The summed E-state index contributed by atoms with van der Waals surface area (Å²) in [5.74, 6) is 0.362. The third-order valence-electron chi connectivity index (χ3n) is 15.4. The minimum atomic E-state index is -4.93. The molecule has 0 radical (unpaired) electrons. The summed E-state index contributed by atoms with van der Waals surface area (Å²) in [5, 5.41) is 84.7. The third-order valence-corrected chi connectivity index (χ3v) is 20.4. The molecule has 0 aliphatic rings. The van der Waals surface area contributed by atoms with Gasteiger partial charge in [-0.1, -0.05) is 91.6 Å². The summed E-state index contributed by atoms with van der Waals surface area (Å²) in [4.78, 5) is 84.8. The summed E-state index contributed by atoms with van der Waals surface area (Å²) >= 11 is 25.7. The average Bonchev–Trinajstić information content (AvgIpc) is 1.24. The molecule has 8 aromatic carbocycles. The summed E-state index contributed by atoms with van der Waals surface area (Å²) in [6.45, 7) is 6.55. The fourth-order valence-corrected chi connectivity index (χ4v) is 14.4. The molecule has 41 nitrogen and oxygen atoms in total. The van der Waals surface area contributed by atoms with Crippen molar-refractivity contribution < 1.29 is 235 Å². The van der Waals surface area contributed by atoms with Crippen LogP contribution < -0.4 is 182 Å². The Kier molecular flexibility index (Phi) is 57.1. The third kappa shape index (κ3) is 40.2. The summed E-state index contributed by atoms with van der Waals surface area (Å²) in [6, 6.07) is 61.7. The summed E-state index contributed by atoms with van der Waals surface area (Å²) in [6.07, 6.45) is 0.500. The molecule has 668 valence electrons. The van der Waals surface area contributed by atoms with Gasteiger partial charge in [-0.3, -0.25) is 36.4 Å². The second-order valence-corrected chi connectivity index (χ2v) is 31.3. The minimum Gasteiger partial charge on any atom is -0.744 e. The number of hydrogen-bond acceptors (Lipinski definition) is 41. The topological polar surface area (TPSA) is 665 Å². The maximum Gasteiger partial charge on any atom is 1.00 e. The van der Waals surface area contributed by atoms with Crippen molar-refractivity contribution in [2.24, 2.45) is 30.7 Å². The molecule has 0 saturated carbocycles. The van der Waals surface area contributed by atoms with E-state index < -0.39 is 51.2 Å². The number of benzene rings is 8. The van der Waals surface area contributed by atoms with Gasteiger partial charge in [-0.15, -0.1) is 86.7 Å². The zero-order chi connectivity index (χ0) is 96.8. The van der Waals surface area contributed by atoms with Crippen molar-refractivity contribution in [3.8, 4) is 58.0 Å². The number of carbonyl (C=O) groups is 4. The van der Waals surface area contributed by atoms with Gasteiger partial charge in [-0.25, -0.2) is 26.8 Å². The number of aromatic nitrogens is 2. The van der Waals surface area contributed by atoms with Crippen LogP contribution in [0.25, 0.3) is 22.3 Å². The Balaban J connectivity index is 0. The molecule has 0 bridgehead atoms. The Labute approximate surface area is 903 Å². The van der Waals surface area contributed by atoms with Crippen LogP contribution in [0, 0.1) is 83.4 Å². The Bertz CT molecular complexity index is 7140. The van der Waals surface area contributed by atoms with E-state index >= 15 is 0 Å². The summed E-state index contributed by atoms with van der Waals surface area (Å²) in [5.41, 5.74) is 12.9. The molecule has 0 spiro atoms. The molecule has 0 fully saturated rings. The molecule has 0 aliphatic carbocycles. The van der Waals surface area contributed by atoms with Crippen LogP contribution in [-0.4, -0.2) is 98.2 Å². The zero-order valence-electron chi connectivity index (χ0n) is 72.1. The van der Waals surface area contributed by atoms with Gasteiger partial charge in [-0.2, -0.15) is 81.7 Å². The quantitative estimate of drug-likeness (QED) is 0.0124. The summed E-state index contributed by atoms with van der Waals surface area (Å²) < 4.78 is 130. The number of nitrogen functional groups attached to an aromatic ring is 1. The van der Waals surface area contributed by atoms with Gasteiger partial charge in [0.15, 0.2) is 16.6 Å². The van der Waals surface area contributed by atoms with Gasteiger partial charge in [0.1, 0.15) is 93.9 Å². The molecule has 0 saturated heterocycles. The van der Waals surface area contributed by atoms with Crippen LogP contribution in [-0.2, 0) is 79.8 Å². The van der Waals surface area contributed by atoms with Gasteiger partial charge in [0.25, 0.3) is 12.9 Å². The average molecular weight is 2040 g/mol. The second-order valence-electron chi connectivity index (χ2n) is 24.2. The molecule has 8 N–H and O–H groups in total. The normalized spacial score (nSPS) is 9.85. The first kappa shape index (κ1) is 125. The number of nitrogens with one attached hydrogen (secondary N) is 6. The molecule has 12 rings (SSSR count). The number of thiophene rings is 2. The van der Waals surface area contributed by atoms with E-state index in [1.165, 1.54) is 56.3 Å². The molecule has 12 aromatic rings. The number of nitrogens with zero attached hydrogens (tertiary/aromatic N) is 12. The number of amides is 2. The number of halogens is 4. The predicted molar refractivity (Wildman–Crippen MR) is 470 cm³/mol. The number of hydrogen-bond donors (Lipinski definition) is 7. The maximum atomic E-state index is 11.8. The van der Waals surface area contributed by atoms with E-state index in [2.05, 4.69) is 121 Å². The maximum absolute atomic E-state index is 11.8. The Morgan fingerprint density at radius 3 is 1.31 bits per heavy atom. The van der Waals surface area contributed by atoms with E-state index in [1.54, 1.807) is 123 Å². The molecule has 0 unspecified atom stereocenters. The van der Waals surface area contributed by atoms with Crippen molar-refractivity contribution in [2.75, 3.05) is 37.6 Å². The van der Waals surface area contributed by atoms with Gasteiger partial charge in [0.2, 0.25) is 11.8 Å². The van der Waals surface area contributed by atoms with E-state index in [1.807, 2.05) is 0 Å². The molecular formula is C80H51Cl4Li4N19Na2O22S6. The van der Waals surface area contributed by atoms with E-state index in [-0.39, 0.29) is 273 Å². The first-order valence-corrected chi connectivity index (χ1v) is 42.7. The van der Waals surface area contributed by atoms with E-state index in [4.69, 9.17) is 106 Å². The van der Waals surface area contributed by atoms with Crippen LogP contribution >= 0.6 is 69.1 Å². The molecule has 57 heteroatoms. The Morgan fingerprint density at radius 2 is 0.898 bits per heavy atom. The van der Waals surface area contributed by atoms with Gasteiger partial charge < -0.3 is 74.4 Å². The van der Waals surface area contributed by atoms with Crippen molar-refractivity contribution in [3.05, 3.63) is 242 Å². The van der Waals surface area contributed by atoms with Crippen molar-refractivity contribution in [1.29, 1.82) is 21.0 Å². The van der Waals surface area contributed by atoms with Crippen LogP contribution in [0.1, 0.15) is 48.7 Å². The van der Waals surface area contributed by atoms with Crippen LogP contribution in [0.2, 0.25) is 20.1 Å². The number of aryl methyl sites for hydroxylation is 1. The summed E-state index contributed by atoms with van der Waals surface area (Å²) in [7, 11) is -15.9. The first-order chi connectivity index (χ1) is 62.2. The van der Waals surface area contributed by atoms with Gasteiger partial charge in [0.05, 0.1) is 42.2 Å². The Hall–Kier alpha value is -11.5.